The fraction of sp³-hybridized carbons (Fsp3) is 0.238. The van der Waals surface area contributed by atoms with Crippen molar-refractivity contribution >= 4 is 11.7 Å². The van der Waals surface area contributed by atoms with Gasteiger partial charge in [0.2, 0.25) is 5.95 Å². The summed E-state index contributed by atoms with van der Waals surface area (Å²) in [5, 5.41) is 15.2. The molecule has 3 aromatic rings. The van der Waals surface area contributed by atoms with Crippen LogP contribution in [-0.4, -0.2) is 26.0 Å². The van der Waals surface area contributed by atoms with Crippen LogP contribution in [0.4, 0.5) is 5.95 Å². The molecule has 1 aliphatic heterocycles. The Balaban J connectivity index is 1.49. The van der Waals surface area contributed by atoms with E-state index >= 15 is 0 Å². The molecule has 1 aliphatic carbocycles. The van der Waals surface area contributed by atoms with Gasteiger partial charge in [0, 0.05) is 17.7 Å². The number of rotatable bonds is 4. The van der Waals surface area contributed by atoms with Crippen molar-refractivity contribution in [2.45, 2.75) is 31.9 Å². The molecular formula is C21H19N5O2. The van der Waals surface area contributed by atoms with Crippen LogP contribution in [0.2, 0.25) is 0 Å². The van der Waals surface area contributed by atoms with Gasteiger partial charge in [0.25, 0.3) is 0 Å². The number of aromatic nitrogens is 4. The summed E-state index contributed by atoms with van der Waals surface area (Å²) < 4.78 is 7.66. The molecule has 28 heavy (non-hydrogen) atoms. The molecule has 2 aliphatic rings. The minimum atomic E-state index is -0.339. The number of allylic oxidation sites excluding steroid dienone is 2. The van der Waals surface area contributed by atoms with E-state index in [1.54, 1.807) is 4.68 Å². The van der Waals surface area contributed by atoms with Crippen LogP contribution in [0, 0.1) is 0 Å². The highest BCUT2D eigenvalue weighted by molar-refractivity contribution is 5.99. The van der Waals surface area contributed by atoms with Crippen LogP contribution in [-0.2, 0) is 11.4 Å². The summed E-state index contributed by atoms with van der Waals surface area (Å²) in [5.41, 5.74) is 3.72. The summed E-state index contributed by atoms with van der Waals surface area (Å²) in [7, 11) is 0. The summed E-state index contributed by atoms with van der Waals surface area (Å²) in [6.07, 6.45) is 2.23. The normalized spacial score (nSPS) is 18.3. The molecule has 0 amide bonds. The molecule has 1 aromatic heterocycles. The number of nitrogens with one attached hydrogen (secondary N) is 1. The Morgan fingerprint density at radius 1 is 1.11 bits per heavy atom. The van der Waals surface area contributed by atoms with E-state index in [2.05, 4.69) is 20.8 Å². The Morgan fingerprint density at radius 3 is 2.89 bits per heavy atom. The van der Waals surface area contributed by atoms with Crippen molar-refractivity contribution in [3.05, 3.63) is 77.0 Å². The summed E-state index contributed by atoms with van der Waals surface area (Å²) in [5.74, 6) is 1.46. The van der Waals surface area contributed by atoms with Gasteiger partial charge in [-0.1, -0.05) is 47.6 Å². The Hall–Kier alpha value is -3.48. The molecule has 7 nitrogen and oxygen atoms in total. The van der Waals surface area contributed by atoms with Crippen molar-refractivity contribution in [1.82, 2.24) is 20.2 Å². The van der Waals surface area contributed by atoms with Gasteiger partial charge in [-0.05, 0) is 46.5 Å². The number of tetrazole rings is 1. The van der Waals surface area contributed by atoms with Crippen LogP contribution in [0.1, 0.15) is 36.4 Å². The zero-order chi connectivity index (χ0) is 18.9. The molecule has 0 saturated carbocycles. The molecule has 5 rings (SSSR count). The van der Waals surface area contributed by atoms with Gasteiger partial charge >= 0.3 is 0 Å². The fourth-order valence-electron chi connectivity index (χ4n) is 3.84. The predicted octanol–water partition coefficient (Wildman–Crippen LogP) is 3.27. The second-order valence-corrected chi connectivity index (χ2v) is 6.99. The second-order valence-electron chi connectivity index (χ2n) is 6.99. The smallest absolute Gasteiger partial charge is 0.248 e. The standard InChI is InChI=1S/C21H19N5O2/c27-18-11-5-10-17-19(18)20(26-21(22-17)23-24-25-26)15-8-4-9-16(12-15)28-13-14-6-2-1-3-7-14/h1-4,6-9,12,20H,5,10-11,13H2,(H,22,23,25)/t20-/m1/s1. The number of ketones is 1. The van der Waals surface area contributed by atoms with E-state index < -0.39 is 0 Å². The Bertz CT molecular complexity index is 1060. The Kier molecular flexibility index (Phi) is 4.12. The van der Waals surface area contributed by atoms with Crippen LogP contribution in [0.5, 0.6) is 5.75 Å². The molecule has 2 heterocycles. The van der Waals surface area contributed by atoms with Gasteiger partial charge in [-0.25, -0.2) is 0 Å². The van der Waals surface area contributed by atoms with E-state index in [0.717, 1.165) is 41.0 Å². The second kappa shape index (κ2) is 6.92. The molecule has 0 fully saturated rings. The van der Waals surface area contributed by atoms with Crippen molar-refractivity contribution in [3.8, 4) is 5.75 Å². The number of Topliss-reactive ketones (excluding diaryl/α,β-unsaturated/α-hetero) is 1. The summed E-state index contributed by atoms with van der Waals surface area (Å²) >= 11 is 0. The molecule has 7 heteroatoms. The van der Waals surface area contributed by atoms with Gasteiger partial charge in [0.15, 0.2) is 5.78 Å². The van der Waals surface area contributed by atoms with Crippen molar-refractivity contribution in [2.24, 2.45) is 0 Å². The lowest BCUT2D eigenvalue weighted by Crippen LogP contribution is -2.31. The monoisotopic (exact) mass is 373 g/mol. The topological polar surface area (TPSA) is 81.9 Å². The lowest BCUT2D eigenvalue weighted by molar-refractivity contribution is -0.116. The zero-order valence-corrected chi connectivity index (χ0v) is 15.2. The zero-order valence-electron chi connectivity index (χ0n) is 15.2. The van der Waals surface area contributed by atoms with E-state index in [-0.39, 0.29) is 11.8 Å². The van der Waals surface area contributed by atoms with E-state index in [1.165, 1.54) is 0 Å². The molecule has 0 radical (unpaired) electrons. The number of fused-ring (bicyclic) bond motifs is 1. The fourth-order valence-corrected chi connectivity index (χ4v) is 3.84. The Labute approximate surface area is 162 Å². The first-order valence-corrected chi connectivity index (χ1v) is 9.37. The molecule has 140 valence electrons. The third-order valence-electron chi connectivity index (χ3n) is 5.15. The average molecular weight is 373 g/mol. The van der Waals surface area contributed by atoms with E-state index in [4.69, 9.17) is 4.74 Å². The minimum absolute atomic E-state index is 0.149. The number of anilines is 1. The summed E-state index contributed by atoms with van der Waals surface area (Å²) in [4.78, 5) is 12.7. The van der Waals surface area contributed by atoms with E-state index in [9.17, 15) is 4.79 Å². The van der Waals surface area contributed by atoms with Crippen molar-refractivity contribution in [1.29, 1.82) is 0 Å². The van der Waals surface area contributed by atoms with Crippen LogP contribution in [0.25, 0.3) is 0 Å². The summed E-state index contributed by atoms with van der Waals surface area (Å²) in [6, 6.07) is 17.5. The molecule has 1 atom stereocenters. The number of hydrogen-bond donors (Lipinski definition) is 1. The lowest BCUT2D eigenvalue weighted by Gasteiger charge is -2.31. The van der Waals surface area contributed by atoms with Gasteiger partial charge in [-0.2, -0.15) is 4.68 Å². The van der Waals surface area contributed by atoms with Crippen LogP contribution in [0.3, 0.4) is 0 Å². The third-order valence-corrected chi connectivity index (χ3v) is 5.15. The van der Waals surface area contributed by atoms with Crippen molar-refractivity contribution < 1.29 is 9.53 Å². The highest BCUT2D eigenvalue weighted by Crippen LogP contribution is 2.39. The quantitative estimate of drug-likeness (QED) is 0.756. The lowest BCUT2D eigenvalue weighted by atomic mass is 9.85. The number of carbonyl (C=O) groups excluding carboxylic acids is 1. The Morgan fingerprint density at radius 2 is 2.00 bits per heavy atom. The first kappa shape index (κ1) is 16.7. The predicted molar refractivity (Wildman–Crippen MR) is 103 cm³/mol. The average Bonchev–Trinajstić information content (AvgIpc) is 3.20. The number of benzene rings is 2. The van der Waals surface area contributed by atoms with Crippen LogP contribution < -0.4 is 10.1 Å². The highest BCUT2D eigenvalue weighted by Gasteiger charge is 2.36. The SMILES string of the molecule is O=C1CCCC2=C1[C@@H](c1cccc(OCc3ccccc3)c1)n1nnnc1N2. The van der Waals surface area contributed by atoms with Gasteiger partial charge in [0.1, 0.15) is 18.4 Å². The maximum absolute atomic E-state index is 12.7. The van der Waals surface area contributed by atoms with Crippen molar-refractivity contribution in [3.63, 3.8) is 0 Å². The largest absolute Gasteiger partial charge is 0.489 e. The maximum atomic E-state index is 12.7. The van der Waals surface area contributed by atoms with Gasteiger partial charge < -0.3 is 10.1 Å². The first-order valence-electron chi connectivity index (χ1n) is 9.37. The van der Waals surface area contributed by atoms with Crippen molar-refractivity contribution in [2.75, 3.05) is 5.32 Å². The molecule has 0 spiro atoms. The molecule has 0 saturated heterocycles. The van der Waals surface area contributed by atoms with Crippen LogP contribution >= 0.6 is 0 Å². The number of nitrogens with zero attached hydrogens (tertiary/aromatic N) is 4. The number of carbonyl (C=O) groups is 1. The summed E-state index contributed by atoms with van der Waals surface area (Å²) in [6.45, 7) is 0.486. The van der Waals surface area contributed by atoms with Gasteiger partial charge in [-0.3, -0.25) is 4.79 Å². The van der Waals surface area contributed by atoms with Crippen LogP contribution in [0.15, 0.2) is 65.9 Å². The first-order chi connectivity index (χ1) is 13.8. The highest BCUT2D eigenvalue weighted by atomic mass is 16.5. The molecule has 0 bridgehead atoms. The number of ether oxygens (including phenoxy) is 1. The molecule has 0 unspecified atom stereocenters. The van der Waals surface area contributed by atoms with Gasteiger partial charge in [-0.15, -0.1) is 0 Å². The third kappa shape index (κ3) is 2.94. The minimum Gasteiger partial charge on any atom is -0.489 e. The molecule has 1 N–H and O–H groups in total. The maximum Gasteiger partial charge on any atom is 0.248 e. The van der Waals surface area contributed by atoms with E-state index in [1.807, 2.05) is 54.6 Å². The molecule has 2 aromatic carbocycles. The molecular weight excluding hydrogens is 354 g/mol. The van der Waals surface area contributed by atoms with Gasteiger partial charge in [0.05, 0.1) is 0 Å². The van der Waals surface area contributed by atoms with E-state index in [0.29, 0.717) is 19.0 Å². The number of hydrogen-bond acceptors (Lipinski definition) is 6.